The molecule has 2 atom stereocenters. The molecule has 1 fully saturated rings. The highest BCUT2D eigenvalue weighted by Gasteiger charge is 2.40. The van der Waals surface area contributed by atoms with Crippen LogP contribution >= 0.6 is 0 Å². The SMILES string of the molecule is COc1ccc(C(=O)N2CC(C(=O)NCc3ccccn3)C(c3cccc(F)c3)C2)cc1. The summed E-state index contributed by atoms with van der Waals surface area (Å²) in [7, 11) is 1.56. The molecule has 0 saturated carbocycles. The van der Waals surface area contributed by atoms with Gasteiger partial charge in [0.2, 0.25) is 5.91 Å². The van der Waals surface area contributed by atoms with Crippen LogP contribution in [0.5, 0.6) is 5.75 Å². The van der Waals surface area contributed by atoms with Crippen LogP contribution in [-0.4, -0.2) is 41.9 Å². The first-order valence-electron chi connectivity index (χ1n) is 10.4. The highest BCUT2D eigenvalue weighted by Crippen LogP contribution is 2.34. The number of rotatable bonds is 6. The highest BCUT2D eigenvalue weighted by atomic mass is 19.1. The van der Waals surface area contributed by atoms with Gasteiger partial charge in [0.25, 0.3) is 5.91 Å². The number of pyridine rings is 1. The molecule has 1 N–H and O–H groups in total. The van der Waals surface area contributed by atoms with Crippen molar-refractivity contribution in [3.63, 3.8) is 0 Å². The summed E-state index contributed by atoms with van der Waals surface area (Å²) < 4.78 is 19.1. The van der Waals surface area contributed by atoms with Gasteiger partial charge in [-0.2, -0.15) is 0 Å². The van der Waals surface area contributed by atoms with Gasteiger partial charge in [0.15, 0.2) is 0 Å². The third-order valence-electron chi connectivity index (χ3n) is 5.73. The van der Waals surface area contributed by atoms with Gasteiger partial charge in [-0.3, -0.25) is 14.6 Å². The Morgan fingerprint density at radius 1 is 1.09 bits per heavy atom. The first-order chi connectivity index (χ1) is 15.5. The van der Waals surface area contributed by atoms with Crippen LogP contribution in [0.4, 0.5) is 4.39 Å². The van der Waals surface area contributed by atoms with Crippen LogP contribution in [0.3, 0.4) is 0 Å². The Morgan fingerprint density at radius 2 is 1.91 bits per heavy atom. The number of halogens is 1. The van der Waals surface area contributed by atoms with E-state index in [1.54, 1.807) is 54.6 Å². The van der Waals surface area contributed by atoms with Crippen molar-refractivity contribution in [1.82, 2.24) is 15.2 Å². The summed E-state index contributed by atoms with van der Waals surface area (Å²) in [5.41, 5.74) is 1.96. The standard InChI is InChI=1S/C25H24FN3O3/c1-32-21-10-8-17(9-11-21)25(31)29-15-22(18-5-4-6-19(26)13-18)23(16-29)24(30)28-14-20-7-2-3-12-27-20/h2-13,22-23H,14-16H2,1H3,(H,28,30). The second-order valence-corrected chi connectivity index (χ2v) is 7.75. The zero-order chi connectivity index (χ0) is 22.5. The number of amides is 2. The van der Waals surface area contributed by atoms with E-state index in [1.165, 1.54) is 12.1 Å². The second kappa shape index (κ2) is 9.60. The molecule has 2 unspecified atom stereocenters. The van der Waals surface area contributed by atoms with Gasteiger partial charge in [-0.15, -0.1) is 0 Å². The third-order valence-corrected chi connectivity index (χ3v) is 5.73. The average Bonchev–Trinajstić information content (AvgIpc) is 3.28. The van der Waals surface area contributed by atoms with Crippen molar-refractivity contribution in [1.29, 1.82) is 0 Å². The number of benzene rings is 2. The van der Waals surface area contributed by atoms with Gasteiger partial charge in [0.05, 0.1) is 25.3 Å². The van der Waals surface area contributed by atoms with E-state index in [1.807, 2.05) is 18.2 Å². The zero-order valence-electron chi connectivity index (χ0n) is 17.7. The van der Waals surface area contributed by atoms with Crippen molar-refractivity contribution in [3.05, 3.63) is 95.6 Å². The Bertz CT molecular complexity index is 1090. The summed E-state index contributed by atoms with van der Waals surface area (Å²) in [4.78, 5) is 32.1. The fourth-order valence-corrected chi connectivity index (χ4v) is 4.04. The molecule has 7 heteroatoms. The summed E-state index contributed by atoms with van der Waals surface area (Å²) in [5, 5.41) is 2.92. The fourth-order valence-electron chi connectivity index (χ4n) is 4.04. The van der Waals surface area contributed by atoms with Crippen molar-refractivity contribution < 1.29 is 18.7 Å². The average molecular weight is 433 g/mol. The summed E-state index contributed by atoms with van der Waals surface area (Å²) in [6, 6.07) is 18.6. The number of nitrogens with one attached hydrogen (secondary N) is 1. The highest BCUT2D eigenvalue weighted by molar-refractivity contribution is 5.95. The van der Waals surface area contributed by atoms with Gasteiger partial charge in [-0.25, -0.2) is 4.39 Å². The van der Waals surface area contributed by atoms with E-state index in [0.717, 1.165) is 5.69 Å². The predicted octanol–water partition coefficient (Wildman–Crippen LogP) is 3.40. The van der Waals surface area contributed by atoms with Gasteiger partial charge in [-0.05, 0) is 54.1 Å². The van der Waals surface area contributed by atoms with Crippen LogP contribution < -0.4 is 10.1 Å². The van der Waals surface area contributed by atoms with Crippen molar-refractivity contribution in [2.75, 3.05) is 20.2 Å². The minimum atomic E-state index is -0.497. The molecule has 32 heavy (non-hydrogen) atoms. The lowest BCUT2D eigenvalue weighted by Crippen LogP contribution is -2.35. The number of methoxy groups -OCH3 is 1. The lowest BCUT2D eigenvalue weighted by molar-refractivity contribution is -0.125. The molecule has 0 spiro atoms. The van der Waals surface area contributed by atoms with E-state index in [-0.39, 0.29) is 30.1 Å². The summed E-state index contributed by atoms with van der Waals surface area (Å²) >= 11 is 0. The van der Waals surface area contributed by atoms with Crippen molar-refractivity contribution in [2.45, 2.75) is 12.5 Å². The minimum Gasteiger partial charge on any atom is -0.497 e. The number of hydrogen-bond donors (Lipinski definition) is 1. The first-order valence-corrected chi connectivity index (χ1v) is 10.4. The molecule has 1 aliphatic heterocycles. The zero-order valence-corrected chi connectivity index (χ0v) is 17.7. The fraction of sp³-hybridized carbons (Fsp3) is 0.240. The number of ether oxygens (including phenoxy) is 1. The molecular formula is C25H24FN3O3. The van der Waals surface area contributed by atoms with Crippen LogP contribution in [0, 0.1) is 11.7 Å². The first kappa shape index (κ1) is 21.5. The van der Waals surface area contributed by atoms with Gasteiger partial charge < -0.3 is 15.0 Å². The Kier molecular flexibility index (Phi) is 6.44. The largest absolute Gasteiger partial charge is 0.497 e. The van der Waals surface area contributed by atoms with Crippen LogP contribution in [0.25, 0.3) is 0 Å². The van der Waals surface area contributed by atoms with E-state index in [4.69, 9.17) is 4.74 Å². The molecule has 3 aromatic rings. The van der Waals surface area contributed by atoms with Crippen molar-refractivity contribution in [3.8, 4) is 5.75 Å². The van der Waals surface area contributed by atoms with Crippen molar-refractivity contribution >= 4 is 11.8 Å². The minimum absolute atomic E-state index is 0.172. The van der Waals surface area contributed by atoms with Crippen LogP contribution in [0.15, 0.2) is 72.9 Å². The molecule has 4 rings (SSSR count). The molecule has 1 saturated heterocycles. The van der Waals surface area contributed by atoms with E-state index in [2.05, 4.69) is 10.3 Å². The summed E-state index contributed by atoms with van der Waals surface area (Å²) in [6.07, 6.45) is 1.67. The van der Waals surface area contributed by atoms with Gasteiger partial charge in [0.1, 0.15) is 11.6 Å². The number of carbonyl (C=O) groups is 2. The van der Waals surface area contributed by atoms with E-state index in [0.29, 0.717) is 30.0 Å². The molecular weight excluding hydrogens is 409 g/mol. The summed E-state index contributed by atoms with van der Waals surface area (Å²) in [6.45, 7) is 0.870. The Balaban J connectivity index is 1.54. The van der Waals surface area contributed by atoms with E-state index in [9.17, 15) is 14.0 Å². The molecule has 2 amide bonds. The maximum atomic E-state index is 13.9. The van der Waals surface area contributed by atoms with Gasteiger partial charge >= 0.3 is 0 Å². The Hall–Kier alpha value is -3.74. The topological polar surface area (TPSA) is 71.5 Å². The lowest BCUT2D eigenvalue weighted by atomic mass is 9.88. The van der Waals surface area contributed by atoms with E-state index < -0.39 is 5.92 Å². The predicted molar refractivity (Wildman–Crippen MR) is 118 cm³/mol. The number of likely N-dealkylation sites (tertiary alicyclic amines) is 1. The molecule has 164 valence electrons. The maximum absolute atomic E-state index is 13.9. The maximum Gasteiger partial charge on any atom is 0.253 e. The number of hydrogen-bond acceptors (Lipinski definition) is 4. The molecule has 1 aromatic heterocycles. The molecule has 2 aromatic carbocycles. The monoisotopic (exact) mass is 433 g/mol. The molecule has 6 nitrogen and oxygen atoms in total. The number of aromatic nitrogens is 1. The molecule has 0 aliphatic carbocycles. The van der Waals surface area contributed by atoms with Gasteiger partial charge in [-0.1, -0.05) is 18.2 Å². The normalized spacial score (nSPS) is 17.8. The molecule has 1 aliphatic rings. The van der Waals surface area contributed by atoms with Crippen LogP contribution in [0.1, 0.15) is 27.5 Å². The van der Waals surface area contributed by atoms with Crippen LogP contribution in [-0.2, 0) is 11.3 Å². The third kappa shape index (κ3) is 4.77. The number of carbonyl (C=O) groups excluding carboxylic acids is 2. The van der Waals surface area contributed by atoms with Gasteiger partial charge in [0, 0.05) is 30.8 Å². The smallest absolute Gasteiger partial charge is 0.253 e. The number of nitrogens with zero attached hydrogens (tertiary/aromatic N) is 2. The Labute approximate surface area is 186 Å². The summed E-state index contributed by atoms with van der Waals surface area (Å²) in [5.74, 6) is -0.870. The molecule has 0 bridgehead atoms. The van der Waals surface area contributed by atoms with E-state index >= 15 is 0 Å². The van der Waals surface area contributed by atoms with Crippen molar-refractivity contribution in [2.24, 2.45) is 5.92 Å². The second-order valence-electron chi connectivity index (χ2n) is 7.75. The lowest BCUT2D eigenvalue weighted by Gasteiger charge is -2.18. The quantitative estimate of drug-likeness (QED) is 0.647. The Morgan fingerprint density at radius 3 is 2.59 bits per heavy atom. The molecule has 0 radical (unpaired) electrons. The van der Waals surface area contributed by atoms with Crippen LogP contribution in [0.2, 0.25) is 0 Å². The molecule has 2 heterocycles.